The molecule has 17 heavy (non-hydrogen) atoms. The highest BCUT2D eigenvalue weighted by Crippen LogP contribution is 2.26. The molecule has 1 heterocycles. The standard InChI is InChI=1S/C11H10BrNO4/c12-8-2-1-6-4-9(10(14)15)13(11(16)17)5-7(6)3-8/h1-3,9H,4-5H2,(H,14,15)(H,16,17). The zero-order valence-electron chi connectivity index (χ0n) is 8.76. The van der Waals surface area contributed by atoms with E-state index in [1.165, 1.54) is 0 Å². The quantitative estimate of drug-likeness (QED) is 0.831. The molecule has 0 radical (unpaired) electrons. The van der Waals surface area contributed by atoms with Crippen LogP contribution in [0.4, 0.5) is 4.79 Å². The summed E-state index contributed by atoms with van der Waals surface area (Å²) in [4.78, 5) is 23.0. The van der Waals surface area contributed by atoms with Crippen LogP contribution >= 0.6 is 15.9 Å². The molecule has 0 spiro atoms. The fourth-order valence-corrected chi connectivity index (χ4v) is 2.38. The molecule has 1 amide bonds. The lowest BCUT2D eigenvalue weighted by Gasteiger charge is -2.32. The number of carbonyl (C=O) groups is 2. The first-order valence-electron chi connectivity index (χ1n) is 4.98. The van der Waals surface area contributed by atoms with Gasteiger partial charge in [0.15, 0.2) is 0 Å². The van der Waals surface area contributed by atoms with Gasteiger partial charge in [0.25, 0.3) is 0 Å². The molecule has 0 saturated heterocycles. The molecule has 0 saturated carbocycles. The first-order valence-corrected chi connectivity index (χ1v) is 5.78. The van der Waals surface area contributed by atoms with Gasteiger partial charge in [-0.1, -0.05) is 22.0 Å². The number of hydrogen-bond acceptors (Lipinski definition) is 2. The first-order chi connectivity index (χ1) is 7.99. The number of fused-ring (bicyclic) bond motifs is 1. The van der Waals surface area contributed by atoms with Crippen LogP contribution in [-0.4, -0.2) is 33.2 Å². The Labute approximate surface area is 106 Å². The lowest BCUT2D eigenvalue weighted by molar-refractivity contribution is -0.143. The topological polar surface area (TPSA) is 77.8 Å². The SMILES string of the molecule is O=C(O)C1Cc2ccc(Br)cc2CN1C(=O)O. The Kier molecular flexibility index (Phi) is 3.06. The van der Waals surface area contributed by atoms with Gasteiger partial charge in [-0.3, -0.25) is 4.90 Å². The van der Waals surface area contributed by atoms with E-state index in [1.54, 1.807) is 0 Å². The van der Waals surface area contributed by atoms with Crippen molar-refractivity contribution in [3.05, 3.63) is 33.8 Å². The Balaban J connectivity index is 2.39. The second kappa shape index (κ2) is 4.37. The third kappa shape index (κ3) is 2.26. The molecule has 1 aromatic rings. The third-order valence-electron chi connectivity index (χ3n) is 2.83. The summed E-state index contributed by atoms with van der Waals surface area (Å²) in [5.41, 5.74) is 1.73. The van der Waals surface area contributed by atoms with Crippen molar-refractivity contribution in [1.29, 1.82) is 0 Å². The van der Waals surface area contributed by atoms with Gasteiger partial charge in [-0.25, -0.2) is 9.59 Å². The van der Waals surface area contributed by atoms with Crippen LogP contribution in [-0.2, 0) is 17.8 Å². The third-order valence-corrected chi connectivity index (χ3v) is 3.32. The molecular weight excluding hydrogens is 290 g/mol. The van der Waals surface area contributed by atoms with Crippen LogP contribution in [0.2, 0.25) is 0 Å². The van der Waals surface area contributed by atoms with E-state index in [0.717, 1.165) is 20.5 Å². The number of halogens is 1. The van der Waals surface area contributed by atoms with E-state index in [-0.39, 0.29) is 13.0 Å². The number of rotatable bonds is 1. The minimum absolute atomic E-state index is 0.112. The summed E-state index contributed by atoms with van der Waals surface area (Å²) in [6.07, 6.45) is -0.993. The summed E-state index contributed by atoms with van der Waals surface area (Å²) in [5.74, 6) is -1.11. The van der Waals surface area contributed by atoms with Crippen molar-refractivity contribution in [3.63, 3.8) is 0 Å². The maximum atomic E-state index is 11.0. The zero-order chi connectivity index (χ0) is 12.6. The van der Waals surface area contributed by atoms with E-state index < -0.39 is 18.1 Å². The average molecular weight is 300 g/mol. The Hall–Kier alpha value is -1.56. The smallest absolute Gasteiger partial charge is 0.408 e. The number of benzene rings is 1. The summed E-state index contributed by atoms with van der Waals surface area (Å²) in [5, 5.41) is 18.0. The molecule has 1 aliphatic heterocycles. The van der Waals surface area contributed by atoms with Crippen molar-refractivity contribution in [1.82, 2.24) is 4.90 Å². The number of nitrogens with zero attached hydrogens (tertiary/aromatic N) is 1. The van der Waals surface area contributed by atoms with Crippen LogP contribution in [0.1, 0.15) is 11.1 Å². The van der Waals surface area contributed by atoms with Crippen LogP contribution in [0, 0.1) is 0 Å². The van der Waals surface area contributed by atoms with Gasteiger partial charge in [-0.15, -0.1) is 0 Å². The molecule has 1 atom stereocenters. The molecular formula is C11H10BrNO4. The lowest BCUT2D eigenvalue weighted by Crippen LogP contribution is -2.48. The maximum absolute atomic E-state index is 11.0. The summed E-state index contributed by atoms with van der Waals surface area (Å²) in [6.45, 7) is 0.112. The van der Waals surface area contributed by atoms with Crippen LogP contribution in [0.25, 0.3) is 0 Å². The molecule has 1 unspecified atom stereocenters. The van der Waals surface area contributed by atoms with Crippen LogP contribution < -0.4 is 0 Å². The van der Waals surface area contributed by atoms with Gasteiger partial charge in [-0.05, 0) is 23.3 Å². The fourth-order valence-electron chi connectivity index (χ4n) is 1.97. The van der Waals surface area contributed by atoms with E-state index in [9.17, 15) is 9.59 Å². The Morgan fingerprint density at radius 1 is 1.29 bits per heavy atom. The van der Waals surface area contributed by atoms with Crippen molar-refractivity contribution in [3.8, 4) is 0 Å². The largest absolute Gasteiger partial charge is 0.480 e. The normalized spacial score (nSPS) is 18.6. The number of hydrogen-bond donors (Lipinski definition) is 2. The van der Waals surface area contributed by atoms with Gasteiger partial charge in [0.2, 0.25) is 0 Å². The van der Waals surface area contributed by atoms with Crippen molar-refractivity contribution in [2.75, 3.05) is 0 Å². The van der Waals surface area contributed by atoms with E-state index in [1.807, 2.05) is 18.2 Å². The highest BCUT2D eigenvalue weighted by Gasteiger charge is 2.34. The van der Waals surface area contributed by atoms with Crippen LogP contribution in [0.15, 0.2) is 22.7 Å². The molecule has 6 heteroatoms. The molecule has 5 nitrogen and oxygen atoms in total. The van der Waals surface area contributed by atoms with E-state index in [0.29, 0.717) is 0 Å². The van der Waals surface area contributed by atoms with E-state index in [2.05, 4.69) is 15.9 Å². The average Bonchev–Trinajstić information content (AvgIpc) is 2.26. The fraction of sp³-hybridized carbons (Fsp3) is 0.273. The Bertz CT molecular complexity index is 488. The van der Waals surface area contributed by atoms with Crippen LogP contribution in [0.3, 0.4) is 0 Å². The molecule has 1 aliphatic rings. The number of carboxylic acids is 1. The predicted octanol–water partition coefficient (Wildman–Crippen LogP) is 1.94. The molecule has 0 aromatic heterocycles. The van der Waals surface area contributed by atoms with Crippen molar-refractivity contribution in [2.24, 2.45) is 0 Å². The summed E-state index contributed by atoms with van der Waals surface area (Å²) < 4.78 is 0.857. The Morgan fingerprint density at radius 3 is 2.59 bits per heavy atom. The summed E-state index contributed by atoms with van der Waals surface area (Å²) in [6, 6.07) is 4.48. The number of aliphatic carboxylic acids is 1. The van der Waals surface area contributed by atoms with Crippen molar-refractivity contribution >= 4 is 28.0 Å². The van der Waals surface area contributed by atoms with Gasteiger partial charge in [0.05, 0.1) is 6.54 Å². The second-order valence-electron chi connectivity index (χ2n) is 3.88. The minimum Gasteiger partial charge on any atom is -0.480 e. The molecule has 0 bridgehead atoms. The zero-order valence-corrected chi connectivity index (χ0v) is 10.3. The molecule has 90 valence electrons. The highest BCUT2D eigenvalue weighted by atomic mass is 79.9. The van der Waals surface area contributed by atoms with Gasteiger partial charge in [0.1, 0.15) is 6.04 Å². The molecule has 2 N–H and O–H groups in total. The van der Waals surface area contributed by atoms with Gasteiger partial charge < -0.3 is 10.2 Å². The van der Waals surface area contributed by atoms with E-state index >= 15 is 0 Å². The Morgan fingerprint density at radius 2 is 2.00 bits per heavy atom. The monoisotopic (exact) mass is 299 g/mol. The maximum Gasteiger partial charge on any atom is 0.408 e. The molecule has 0 aliphatic carbocycles. The molecule has 0 fully saturated rings. The van der Waals surface area contributed by atoms with Gasteiger partial charge in [0, 0.05) is 10.9 Å². The van der Waals surface area contributed by atoms with Crippen LogP contribution in [0.5, 0.6) is 0 Å². The molecule has 2 rings (SSSR count). The number of amides is 1. The summed E-state index contributed by atoms with van der Waals surface area (Å²) >= 11 is 3.31. The van der Waals surface area contributed by atoms with Crippen molar-refractivity contribution in [2.45, 2.75) is 19.0 Å². The summed E-state index contributed by atoms with van der Waals surface area (Å²) in [7, 11) is 0. The number of carboxylic acid groups (broad SMARTS) is 2. The lowest BCUT2D eigenvalue weighted by atomic mass is 9.94. The van der Waals surface area contributed by atoms with Crippen molar-refractivity contribution < 1.29 is 19.8 Å². The highest BCUT2D eigenvalue weighted by molar-refractivity contribution is 9.10. The van der Waals surface area contributed by atoms with E-state index in [4.69, 9.17) is 10.2 Å². The predicted molar refractivity (Wildman–Crippen MR) is 62.8 cm³/mol. The minimum atomic E-state index is -1.21. The second-order valence-corrected chi connectivity index (χ2v) is 4.80. The van der Waals surface area contributed by atoms with Gasteiger partial charge >= 0.3 is 12.1 Å². The van der Waals surface area contributed by atoms with Gasteiger partial charge in [-0.2, -0.15) is 0 Å². The first kappa shape index (κ1) is 11.9. The molecule has 1 aromatic carbocycles.